The van der Waals surface area contributed by atoms with Crippen molar-refractivity contribution in [3.63, 3.8) is 0 Å². The van der Waals surface area contributed by atoms with Gasteiger partial charge in [0.15, 0.2) is 0 Å². The van der Waals surface area contributed by atoms with Crippen molar-refractivity contribution in [2.45, 2.75) is 58.0 Å². The fourth-order valence-electron chi connectivity index (χ4n) is 1.75. The molecule has 3 heteroatoms. The van der Waals surface area contributed by atoms with Crippen molar-refractivity contribution in [3.05, 3.63) is 0 Å². The second-order valence-corrected chi connectivity index (χ2v) is 4.40. The predicted molar refractivity (Wildman–Crippen MR) is 70.7 cm³/mol. The summed E-state index contributed by atoms with van der Waals surface area (Å²) in [5.74, 6) is 0. The number of hydrogen-bond donors (Lipinski definition) is 2. The van der Waals surface area contributed by atoms with Crippen LogP contribution in [0.25, 0.3) is 0 Å². The number of nitrogens with two attached hydrogens (primary N) is 1. The molecule has 98 valence electrons. The molecule has 0 heterocycles. The summed E-state index contributed by atoms with van der Waals surface area (Å²) in [4.78, 5) is 0. The summed E-state index contributed by atoms with van der Waals surface area (Å²) in [5, 5.41) is 3.44. The standard InChI is InChI=1S/C13H30N2O/c1-3-4-5-6-7-8-10-15-11-9-13(12-14)16-2/h13,15H,3-12,14H2,1-2H3. The molecule has 0 aromatic rings. The topological polar surface area (TPSA) is 47.3 Å². The highest BCUT2D eigenvalue weighted by atomic mass is 16.5. The maximum absolute atomic E-state index is 5.54. The lowest BCUT2D eigenvalue weighted by Crippen LogP contribution is -2.28. The van der Waals surface area contributed by atoms with Gasteiger partial charge in [-0.1, -0.05) is 39.0 Å². The van der Waals surface area contributed by atoms with E-state index in [0.29, 0.717) is 6.54 Å². The van der Waals surface area contributed by atoms with E-state index in [1.807, 2.05) is 0 Å². The van der Waals surface area contributed by atoms with E-state index in [4.69, 9.17) is 10.5 Å². The van der Waals surface area contributed by atoms with Crippen molar-refractivity contribution in [2.24, 2.45) is 5.73 Å². The van der Waals surface area contributed by atoms with Crippen LogP contribution >= 0.6 is 0 Å². The normalized spacial score (nSPS) is 12.9. The maximum atomic E-state index is 5.54. The Morgan fingerprint density at radius 1 is 1.06 bits per heavy atom. The first kappa shape index (κ1) is 15.9. The average Bonchev–Trinajstić information content (AvgIpc) is 2.32. The monoisotopic (exact) mass is 230 g/mol. The minimum absolute atomic E-state index is 0.219. The summed E-state index contributed by atoms with van der Waals surface area (Å²) >= 11 is 0. The summed E-state index contributed by atoms with van der Waals surface area (Å²) in [7, 11) is 1.73. The lowest BCUT2D eigenvalue weighted by atomic mass is 10.1. The smallest absolute Gasteiger partial charge is 0.0705 e. The van der Waals surface area contributed by atoms with Crippen LogP contribution in [0, 0.1) is 0 Å². The van der Waals surface area contributed by atoms with Crippen LogP contribution in [0.3, 0.4) is 0 Å². The fourth-order valence-corrected chi connectivity index (χ4v) is 1.75. The van der Waals surface area contributed by atoms with Gasteiger partial charge in [0.25, 0.3) is 0 Å². The first-order chi connectivity index (χ1) is 7.85. The number of methoxy groups -OCH3 is 1. The maximum Gasteiger partial charge on any atom is 0.0705 e. The van der Waals surface area contributed by atoms with Crippen molar-refractivity contribution in [3.8, 4) is 0 Å². The Hall–Kier alpha value is -0.120. The molecule has 1 unspecified atom stereocenters. The Morgan fingerprint density at radius 2 is 1.75 bits per heavy atom. The highest BCUT2D eigenvalue weighted by molar-refractivity contribution is 4.60. The van der Waals surface area contributed by atoms with Crippen LogP contribution < -0.4 is 11.1 Å². The van der Waals surface area contributed by atoms with E-state index in [2.05, 4.69) is 12.2 Å². The molecule has 0 aliphatic rings. The third-order valence-electron chi connectivity index (χ3n) is 2.95. The van der Waals surface area contributed by atoms with E-state index in [0.717, 1.165) is 19.5 Å². The van der Waals surface area contributed by atoms with Gasteiger partial charge in [0, 0.05) is 13.7 Å². The van der Waals surface area contributed by atoms with E-state index in [1.54, 1.807) is 7.11 Å². The zero-order valence-corrected chi connectivity index (χ0v) is 11.1. The van der Waals surface area contributed by atoms with Crippen LogP contribution in [0.1, 0.15) is 51.9 Å². The molecule has 0 saturated heterocycles. The molecule has 0 aliphatic carbocycles. The molecular formula is C13H30N2O. The number of ether oxygens (including phenoxy) is 1. The summed E-state index contributed by atoms with van der Waals surface area (Å²) in [6.45, 7) is 5.03. The predicted octanol–water partition coefficient (Wildman–Crippen LogP) is 2.30. The Labute approximate surface area is 101 Å². The molecule has 1 atom stereocenters. The quantitative estimate of drug-likeness (QED) is 0.506. The third kappa shape index (κ3) is 10.4. The molecule has 0 aliphatic heterocycles. The molecular weight excluding hydrogens is 200 g/mol. The molecule has 0 bridgehead atoms. The van der Waals surface area contributed by atoms with Gasteiger partial charge in [-0.15, -0.1) is 0 Å². The van der Waals surface area contributed by atoms with Crippen molar-refractivity contribution in [1.29, 1.82) is 0 Å². The van der Waals surface area contributed by atoms with E-state index in [1.165, 1.54) is 38.5 Å². The van der Waals surface area contributed by atoms with Crippen molar-refractivity contribution in [2.75, 3.05) is 26.7 Å². The molecule has 16 heavy (non-hydrogen) atoms. The Morgan fingerprint density at radius 3 is 2.38 bits per heavy atom. The van der Waals surface area contributed by atoms with Crippen LogP contribution in [-0.4, -0.2) is 32.8 Å². The van der Waals surface area contributed by atoms with Gasteiger partial charge < -0.3 is 15.8 Å². The Bertz CT molecular complexity index is 127. The average molecular weight is 230 g/mol. The first-order valence-corrected chi connectivity index (χ1v) is 6.78. The van der Waals surface area contributed by atoms with Crippen molar-refractivity contribution < 1.29 is 4.74 Å². The van der Waals surface area contributed by atoms with Gasteiger partial charge in [-0.25, -0.2) is 0 Å². The van der Waals surface area contributed by atoms with Crippen LogP contribution in [-0.2, 0) is 4.74 Å². The first-order valence-electron chi connectivity index (χ1n) is 6.78. The molecule has 0 radical (unpaired) electrons. The van der Waals surface area contributed by atoms with E-state index >= 15 is 0 Å². The lowest BCUT2D eigenvalue weighted by molar-refractivity contribution is 0.102. The Balaban J connectivity index is 3.03. The molecule has 0 saturated carbocycles. The molecule has 0 aromatic heterocycles. The van der Waals surface area contributed by atoms with E-state index in [-0.39, 0.29) is 6.10 Å². The van der Waals surface area contributed by atoms with Gasteiger partial charge in [-0.3, -0.25) is 0 Å². The SMILES string of the molecule is CCCCCCCCNCCC(CN)OC. The summed E-state index contributed by atoms with van der Waals surface area (Å²) in [6, 6.07) is 0. The van der Waals surface area contributed by atoms with Crippen LogP contribution in [0.2, 0.25) is 0 Å². The molecule has 3 N–H and O–H groups in total. The molecule has 0 spiro atoms. The highest BCUT2D eigenvalue weighted by Crippen LogP contribution is 2.04. The van der Waals surface area contributed by atoms with Crippen LogP contribution in [0.4, 0.5) is 0 Å². The number of hydrogen-bond acceptors (Lipinski definition) is 3. The molecule has 0 fully saturated rings. The highest BCUT2D eigenvalue weighted by Gasteiger charge is 2.02. The summed E-state index contributed by atoms with van der Waals surface area (Å²) < 4.78 is 5.21. The van der Waals surface area contributed by atoms with Gasteiger partial charge in [-0.2, -0.15) is 0 Å². The molecule has 0 amide bonds. The molecule has 0 rings (SSSR count). The van der Waals surface area contributed by atoms with Gasteiger partial charge in [0.05, 0.1) is 6.10 Å². The van der Waals surface area contributed by atoms with E-state index in [9.17, 15) is 0 Å². The minimum Gasteiger partial charge on any atom is -0.380 e. The minimum atomic E-state index is 0.219. The van der Waals surface area contributed by atoms with Gasteiger partial charge in [0.1, 0.15) is 0 Å². The second kappa shape index (κ2) is 12.9. The van der Waals surface area contributed by atoms with Crippen LogP contribution in [0.15, 0.2) is 0 Å². The second-order valence-electron chi connectivity index (χ2n) is 4.40. The molecule has 3 nitrogen and oxygen atoms in total. The zero-order valence-electron chi connectivity index (χ0n) is 11.1. The van der Waals surface area contributed by atoms with Crippen LogP contribution in [0.5, 0.6) is 0 Å². The van der Waals surface area contributed by atoms with E-state index < -0.39 is 0 Å². The number of nitrogens with one attached hydrogen (secondary N) is 1. The third-order valence-corrected chi connectivity index (χ3v) is 2.95. The number of rotatable bonds is 12. The fraction of sp³-hybridized carbons (Fsp3) is 1.00. The Kier molecular flexibility index (Phi) is 12.9. The summed E-state index contributed by atoms with van der Waals surface area (Å²) in [6.07, 6.45) is 9.39. The molecule has 0 aromatic carbocycles. The largest absolute Gasteiger partial charge is 0.380 e. The lowest BCUT2D eigenvalue weighted by Gasteiger charge is -2.12. The van der Waals surface area contributed by atoms with Crippen molar-refractivity contribution in [1.82, 2.24) is 5.32 Å². The van der Waals surface area contributed by atoms with Gasteiger partial charge in [-0.05, 0) is 25.9 Å². The van der Waals surface area contributed by atoms with Gasteiger partial charge >= 0.3 is 0 Å². The van der Waals surface area contributed by atoms with Crippen molar-refractivity contribution >= 4 is 0 Å². The van der Waals surface area contributed by atoms with Gasteiger partial charge in [0.2, 0.25) is 0 Å². The summed E-state index contributed by atoms with van der Waals surface area (Å²) in [5.41, 5.74) is 5.54. The zero-order chi connectivity index (χ0) is 12.1. The number of unbranched alkanes of at least 4 members (excludes halogenated alkanes) is 5.